The summed E-state index contributed by atoms with van der Waals surface area (Å²) < 4.78 is 49.6. The maximum absolute atomic E-state index is 13.2. The molecule has 0 amide bonds. The number of rotatable bonds is 8. The summed E-state index contributed by atoms with van der Waals surface area (Å²) >= 11 is 5.63. The van der Waals surface area contributed by atoms with Gasteiger partial charge in [0, 0.05) is 38.9 Å². The van der Waals surface area contributed by atoms with Gasteiger partial charge >= 0.3 is 6.18 Å². The third-order valence-corrected chi connectivity index (χ3v) is 3.30. The highest BCUT2D eigenvalue weighted by atomic mass is 35.5. The molecule has 120 valence electrons. The predicted molar refractivity (Wildman–Crippen MR) is 77.0 cm³/mol. The molecule has 0 radical (unpaired) electrons. The summed E-state index contributed by atoms with van der Waals surface area (Å²) in [5, 5.41) is 0. The number of nitrogens with zero attached hydrogens (tertiary/aromatic N) is 1. The molecule has 7 heteroatoms. The van der Waals surface area contributed by atoms with E-state index in [0.29, 0.717) is 31.9 Å². The molecule has 0 aliphatic rings. The fraction of sp³-hybridized carbons (Fsp3) is 0.571. The second-order valence-electron chi connectivity index (χ2n) is 4.46. The van der Waals surface area contributed by atoms with E-state index in [1.54, 1.807) is 11.0 Å². The van der Waals surface area contributed by atoms with Gasteiger partial charge in [-0.05, 0) is 17.7 Å². The Balaban J connectivity index is 3.15. The Morgan fingerprint density at radius 2 is 1.67 bits per heavy atom. The first-order valence-corrected chi connectivity index (χ1v) is 6.96. The van der Waals surface area contributed by atoms with Gasteiger partial charge in [-0.25, -0.2) is 0 Å². The van der Waals surface area contributed by atoms with Crippen molar-refractivity contribution in [1.82, 2.24) is 0 Å². The Labute approximate surface area is 127 Å². The van der Waals surface area contributed by atoms with Crippen molar-refractivity contribution in [3.63, 3.8) is 0 Å². The van der Waals surface area contributed by atoms with Gasteiger partial charge in [-0.15, -0.1) is 11.6 Å². The molecule has 1 aromatic rings. The SMILES string of the molecule is COCCN(CCOC)c1ccc(CCl)cc1C(F)(F)F. The summed E-state index contributed by atoms with van der Waals surface area (Å²) in [6, 6.07) is 4.14. The van der Waals surface area contributed by atoms with Gasteiger partial charge < -0.3 is 14.4 Å². The van der Waals surface area contributed by atoms with Crippen LogP contribution in [0.3, 0.4) is 0 Å². The van der Waals surface area contributed by atoms with Gasteiger partial charge in [0.1, 0.15) is 0 Å². The molecule has 1 aromatic carbocycles. The first-order chi connectivity index (χ1) is 9.93. The Bertz CT molecular complexity index is 433. The van der Waals surface area contributed by atoms with Crippen molar-refractivity contribution in [3.8, 4) is 0 Å². The molecule has 1 rings (SSSR count). The van der Waals surface area contributed by atoms with Gasteiger partial charge in [0.15, 0.2) is 0 Å². The summed E-state index contributed by atoms with van der Waals surface area (Å²) in [5.41, 5.74) is -0.135. The van der Waals surface area contributed by atoms with E-state index < -0.39 is 11.7 Å². The number of ether oxygens (including phenoxy) is 2. The van der Waals surface area contributed by atoms with Crippen molar-refractivity contribution in [2.75, 3.05) is 45.4 Å². The van der Waals surface area contributed by atoms with Crippen LogP contribution in [0.15, 0.2) is 18.2 Å². The molecule has 0 atom stereocenters. The lowest BCUT2D eigenvalue weighted by Crippen LogP contribution is -2.32. The molecular weight excluding hydrogens is 307 g/mol. The number of hydrogen-bond acceptors (Lipinski definition) is 3. The normalized spacial score (nSPS) is 11.7. The van der Waals surface area contributed by atoms with E-state index in [1.807, 2.05) is 0 Å². The van der Waals surface area contributed by atoms with Crippen molar-refractivity contribution in [2.24, 2.45) is 0 Å². The number of hydrogen-bond donors (Lipinski definition) is 0. The second-order valence-corrected chi connectivity index (χ2v) is 4.72. The minimum absolute atomic E-state index is 0.0412. The molecular formula is C14H19ClF3NO2. The molecule has 3 nitrogen and oxygen atoms in total. The summed E-state index contributed by atoms with van der Waals surface area (Å²) in [7, 11) is 3.02. The lowest BCUT2D eigenvalue weighted by Gasteiger charge is -2.27. The highest BCUT2D eigenvalue weighted by Crippen LogP contribution is 2.37. The zero-order valence-electron chi connectivity index (χ0n) is 12.0. The lowest BCUT2D eigenvalue weighted by atomic mass is 10.1. The maximum atomic E-state index is 13.2. The van der Waals surface area contributed by atoms with Gasteiger partial charge in [0.2, 0.25) is 0 Å². The Hall–Kier alpha value is -0.980. The average molecular weight is 326 g/mol. The minimum atomic E-state index is -4.43. The Morgan fingerprint density at radius 1 is 1.10 bits per heavy atom. The third kappa shape index (κ3) is 5.37. The number of methoxy groups -OCH3 is 2. The van der Waals surface area contributed by atoms with Crippen molar-refractivity contribution < 1.29 is 22.6 Å². The van der Waals surface area contributed by atoms with Crippen LogP contribution >= 0.6 is 11.6 Å². The first-order valence-electron chi connectivity index (χ1n) is 6.43. The van der Waals surface area contributed by atoms with Gasteiger partial charge in [0.25, 0.3) is 0 Å². The van der Waals surface area contributed by atoms with Crippen molar-refractivity contribution in [3.05, 3.63) is 29.3 Å². The summed E-state index contributed by atoms with van der Waals surface area (Å²) in [5.74, 6) is 0.0412. The highest BCUT2D eigenvalue weighted by Gasteiger charge is 2.35. The molecule has 0 bridgehead atoms. The molecule has 0 aromatic heterocycles. The fourth-order valence-electron chi connectivity index (χ4n) is 1.92. The highest BCUT2D eigenvalue weighted by molar-refractivity contribution is 6.17. The van der Waals surface area contributed by atoms with Crippen LogP contribution < -0.4 is 4.90 Å². The quantitative estimate of drug-likeness (QED) is 0.682. The third-order valence-electron chi connectivity index (χ3n) is 2.99. The largest absolute Gasteiger partial charge is 0.418 e. The first kappa shape index (κ1) is 18.1. The molecule has 0 N–H and O–H groups in total. The summed E-state index contributed by atoms with van der Waals surface area (Å²) in [6.07, 6.45) is -4.43. The average Bonchev–Trinajstić information content (AvgIpc) is 2.46. The van der Waals surface area contributed by atoms with E-state index in [2.05, 4.69) is 0 Å². The number of alkyl halides is 4. The van der Waals surface area contributed by atoms with Crippen LogP contribution in [0, 0.1) is 0 Å². The smallest absolute Gasteiger partial charge is 0.383 e. The van der Waals surface area contributed by atoms with Crippen molar-refractivity contribution in [1.29, 1.82) is 0 Å². The number of benzene rings is 1. The van der Waals surface area contributed by atoms with Gasteiger partial charge in [-0.2, -0.15) is 13.2 Å². The van der Waals surface area contributed by atoms with Gasteiger partial charge in [-0.3, -0.25) is 0 Å². The lowest BCUT2D eigenvalue weighted by molar-refractivity contribution is -0.137. The van der Waals surface area contributed by atoms with E-state index in [4.69, 9.17) is 21.1 Å². The number of anilines is 1. The van der Waals surface area contributed by atoms with Gasteiger partial charge in [-0.1, -0.05) is 6.07 Å². The monoisotopic (exact) mass is 325 g/mol. The summed E-state index contributed by atoms with van der Waals surface area (Å²) in [4.78, 5) is 1.60. The molecule has 0 heterocycles. The van der Waals surface area contributed by atoms with E-state index in [0.717, 1.165) is 6.07 Å². The molecule has 0 spiro atoms. The van der Waals surface area contributed by atoms with Crippen molar-refractivity contribution >= 4 is 17.3 Å². The second kappa shape index (κ2) is 8.46. The van der Waals surface area contributed by atoms with E-state index >= 15 is 0 Å². The molecule has 0 saturated carbocycles. The van der Waals surface area contributed by atoms with Crippen LogP contribution in [0.1, 0.15) is 11.1 Å². The zero-order chi connectivity index (χ0) is 15.9. The van der Waals surface area contributed by atoms with E-state index in [-0.39, 0.29) is 11.6 Å². The zero-order valence-corrected chi connectivity index (χ0v) is 12.8. The Morgan fingerprint density at radius 3 is 2.10 bits per heavy atom. The molecule has 0 aliphatic carbocycles. The number of halogens is 4. The minimum Gasteiger partial charge on any atom is -0.383 e. The van der Waals surface area contributed by atoms with E-state index in [1.165, 1.54) is 20.3 Å². The van der Waals surface area contributed by atoms with Crippen LogP contribution in [-0.2, 0) is 21.5 Å². The summed E-state index contributed by atoms with van der Waals surface area (Å²) in [6.45, 7) is 1.36. The maximum Gasteiger partial charge on any atom is 0.418 e. The Kier molecular flexibility index (Phi) is 7.28. The molecule has 21 heavy (non-hydrogen) atoms. The van der Waals surface area contributed by atoms with Crippen LogP contribution in [0.2, 0.25) is 0 Å². The van der Waals surface area contributed by atoms with Crippen LogP contribution in [0.25, 0.3) is 0 Å². The van der Waals surface area contributed by atoms with E-state index in [9.17, 15) is 13.2 Å². The molecule has 0 unspecified atom stereocenters. The standard InChI is InChI=1S/C14H19ClF3NO2/c1-20-7-5-19(6-8-21-2)13-4-3-11(10-15)9-12(13)14(16,17)18/h3-4,9H,5-8,10H2,1-2H3. The van der Waals surface area contributed by atoms with Crippen LogP contribution in [-0.4, -0.2) is 40.5 Å². The molecule has 0 fully saturated rings. The molecule has 0 aliphatic heterocycles. The van der Waals surface area contributed by atoms with Gasteiger partial charge in [0.05, 0.1) is 18.8 Å². The fourth-order valence-corrected chi connectivity index (χ4v) is 2.09. The topological polar surface area (TPSA) is 21.7 Å². The van der Waals surface area contributed by atoms with Crippen LogP contribution in [0.5, 0.6) is 0 Å². The predicted octanol–water partition coefficient (Wildman–Crippen LogP) is 3.54. The van der Waals surface area contributed by atoms with Crippen LogP contribution in [0.4, 0.5) is 18.9 Å². The van der Waals surface area contributed by atoms with Crippen molar-refractivity contribution in [2.45, 2.75) is 12.1 Å². The molecule has 0 saturated heterocycles.